The van der Waals surface area contributed by atoms with Gasteiger partial charge in [0.1, 0.15) is 0 Å². The molecule has 0 aromatic rings. The Labute approximate surface area is 93.3 Å². The molecule has 1 atom stereocenters. The summed E-state index contributed by atoms with van der Waals surface area (Å²) in [5.74, 6) is -0.360. The molecule has 1 saturated heterocycles. The van der Waals surface area contributed by atoms with Crippen LogP contribution in [0.3, 0.4) is 0 Å². The normalized spacial score (nSPS) is 22.7. The molecule has 15 heavy (non-hydrogen) atoms. The number of carboxylic acids is 1. The lowest BCUT2D eigenvalue weighted by atomic mass is 10.3. The fraction of sp³-hybridized carbons (Fsp3) is 0.600. The van der Waals surface area contributed by atoms with Crippen LogP contribution in [0.25, 0.3) is 0 Å². The number of nitrogens with zero attached hydrogens (tertiary/aromatic N) is 1. The van der Waals surface area contributed by atoms with Crippen LogP contribution in [0.4, 0.5) is 0 Å². The predicted octanol–water partition coefficient (Wildman–Crippen LogP) is 0.981. The Kier molecular flexibility index (Phi) is 4.68. The first-order chi connectivity index (χ1) is 7.09. The lowest BCUT2D eigenvalue weighted by Gasteiger charge is -2.17. The van der Waals surface area contributed by atoms with Crippen LogP contribution < -0.4 is 0 Å². The van der Waals surface area contributed by atoms with Gasteiger partial charge in [-0.1, -0.05) is 6.92 Å². The molecule has 0 bridgehead atoms. The smallest absolute Gasteiger partial charge is 0.328 e. The van der Waals surface area contributed by atoms with E-state index >= 15 is 0 Å². The lowest BCUT2D eigenvalue weighted by molar-refractivity contribution is -0.132. The van der Waals surface area contributed by atoms with Gasteiger partial charge in [-0.05, 0) is 6.42 Å². The molecule has 4 nitrogen and oxygen atoms in total. The van der Waals surface area contributed by atoms with Crippen molar-refractivity contribution in [1.29, 1.82) is 0 Å². The molecular weight excluding hydrogens is 214 g/mol. The number of carbonyl (C=O) groups is 2. The third-order valence-electron chi connectivity index (χ3n) is 2.25. The summed E-state index contributed by atoms with van der Waals surface area (Å²) in [6, 6.07) is 0. The van der Waals surface area contributed by atoms with Crippen molar-refractivity contribution in [3.05, 3.63) is 12.2 Å². The SMILES string of the molecule is CC1CCN(C(=O)/C=C/C(=O)O)CCS1. The van der Waals surface area contributed by atoms with Crippen molar-refractivity contribution in [2.24, 2.45) is 0 Å². The van der Waals surface area contributed by atoms with E-state index in [9.17, 15) is 9.59 Å². The molecule has 1 amide bonds. The number of carboxylic acid groups (broad SMARTS) is 1. The predicted molar refractivity (Wildman–Crippen MR) is 59.9 cm³/mol. The van der Waals surface area contributed by atoms with E-state index in [0.717, 1.165) is 30.9 Å². The minimum Gasteiger partial charge on any atom is -0.478 e. The van der Waals surface area contributed by atoms with E-state index in [4.69, 9.17) is 5.11 Å². The quantitative estimate of drug-likeness (QED) is 0.717. The van der Waals surface area contributed by atoms with Crippen molar-refractivity contribution >= 4 is 23.6 Å². The van der Waals surface area contributed by atoms with Crippen LogP contribution in [-0.4, -0.2) is 46.0 Å². The van der Waals surface area contributed by atoms with Gasteiger partial charge in [-0.25, -0.2) is 4.79 Å². The van der Waals surface area contributed by atoms with Gasteiger partial charge < -0.3 is 10.0 Å². The Morgan fingerprint density at radius 3 is 2.80 bits per heavy atom. The second-order valence-electron chi connectivity index (χ2n) is 3.47. The Balaban J connectivity index is 2.48. The highest BCUT2D eigenvalue weighted by atomic mass is 32.2. The molecule has 84 valence electrons. The Bertz CT molecular complexity index is 278. The van der Waals surface area contributed by atoms with Gasteiger partial charge in [0.15, 0.2) is 0 Å². The molecule has 0 aliphatic carbocycles. The summed E-state index contributed by atoms with van der Waals surface area (Å²) in [6.07, 6.45) is 2.99. The molecule has 1 unspecified atom stereocenters. The van der Waals surface area contributed by atoms with E-state index in [1.165, 1.54) is 0 Å². The molecule has 1 aliphatic heterocycles. The Morgan fingerprint density at radius 2 is 2.13 bits per heavy atom. The van der Waals surface area contributed by atoms with Gasteiger partial charge in [-0.2, -0.15) is 11.8 Å². The number of hydrogen-bond acceptors (Lipinski definition) is 3. The average Bonchev–Trinajstić information content (AvgIpc) is 2.39. The maximum Gasteiger partial charge on any atom is 0.328 e. The topological polar surface area (TPSA) is 57.6 Å². The molecule has 0 aromatic heterocycles. The van der Waals surface area contributed by atoms with E-state index < -0.39 is 5.97 Å². The van der Waals surface area contributed by atoms with Crippen molar-refractivity contribution in [2.75, 3.05) is 18.8 Å². The molecule has 5 heteroatoms. The zero-order valence-electron chi connectivity index (χ0n) is 8.68. The Morgan fingerprint density at radius 1 is 1.40 bits per heavy atom. The maximum atomic E-state index is 11.5. The van der Waals surface area contributed by atoms with Crippen LogP contribution in [0.2, 0.25) is 0 Å². The monoisotopic (exact) mass is 229 g/mol. The van der Waals surface area contributed by atoms with Crippen molar-refractivity contribution < 1.29 is 14.7 Å². The van der Waals surface area contributed by atoms with E-state index in [1.807, 2.05) is 11.8 Å². The van der Waals surface area contributed by atoms with E-state index in [2.05, 4.69) is 6.92 Å². The molecule has 1 rings (SSSR count). The molecule has 1 fully saturated rings. The van der Waals surface area contributed by atoms with Crippen molar-refractivity contribution in [2.45, 2.75) is 18.6 Å². The zero-order valence-corrected chi connectivity index (χ0v) is 9.50. The molecule has 1 aliphatic rings. The van der Waals surface area contributed by atoms with Gasteiger partial charge in [0.25, 0.3) is 0 Å². The third-order valence-corrected chi connectivity index (χ3v) is 3.47. The van der Waals surface area contributed by atoms with E-state index in [-0.39, 0.29) is 5.91 Å². The minimum atomic E-state index is -1.08. The zero-order chi connectivity index (χ0) is 11.3. The van der Waals surface area contributed by atoms with Crippen molar-refractivity contribution in [3.8, 4) is 0 Å². The van der Waals surface area contributed by atoms with Gasteiger partial charge in [-0.15, -0.1) is 0 Å². The summed E-state index contributed by atoms with van der Waals surface area (Å²) >= 11 is 1.85. The van der Waals surface area contributed by atoms with Crippen LogP contribution >= 0.6 is 11.8 Å². The number of carbonyl (C=O) groups excluding carboxylic acids is 1. The molecule has 1 heterocycles. The average molecular weight is 229 g/mol. The summed E-state index contributed by atoms with van der Waals surface area (Å²) in [5.41, 5.74) is 0. The largest absolute Gasteiger partial charge is 0.478 e. The summed E-state index contributed by atoms with van der Waals surface area (Å²) in [7, 11) is 0. The van der Waals surface area contributed by atoms with Gasteiger partial charge in [0.2, 0.25) is 5.91 Å². The van der Waals surface area contributed by atoms with Gasteiger partial charge >= 0.3 is 5.97 Å². The summed E-state index contributed by atoms with van der Waals surface area (Å²) < 4.78 is 0. The molecular formula is C10H15NO3S. The maximum absolute atomic E-state index is 11.5. The first kappa shape index (κ1) is 12.1. The standard InChI is InChI=1S/C10H15NO3S/c1-8-4-5-11(6-7-15-8)9(12)2-3-10(13)14/h2-3,8H,4-7H2,1H3,(H,13,14)/b3-2+. The van der Waals surface area contributed by atoms with Crippen LogP contribution in [-0.2, 0) is 9.59 Å². The van der Waals surface area contributed by atoms with E-state index in [0.29, 0.717) is 11.8 Å². The minimum absolute atomic E-state index is 0.202. The third kappa shape index (κ3) is 4.38. The number of thioether (sulfide) groups is 1. The number of amides is 1. The van der Waals surface area contributed by atoms with Crippen molar-refractivity contribution in [3.63, 3.8) is 0 Å². The number of rotatable bonds is 2. The fourth-order valence-corrected chi connectivity index (χ4v) is 2.37. The molecule has 0 radical (unpaired) electrons. The molecule has 1 N–H and O–H groups in total. The van der Waals surface area contributed by atoms with E-state index in [1.54, 1.807) is 4.90 Å². The number of hydrogen-bond donors (Lipinski definition) is 1. The highest BCUT2D eigenvalue weighted by molar-refractivity contribution is 7.99. The molecule has 0 aromatic carbocycles. The number of aliphatic carboxylic acids is 1. The van der Waals surface area contributed by atoms with Crippen molar-refractivity contribution in [1.82, 2.24) is 4.90 Å². The first-order valence-electron chi connectivity index (χ1n) is 4.91. The van der Waals surface area contributed by atoms with Gasteiger partial charge in [0, 0.05) is 36.2 Å². The highest BCUT2D eigenvalue weighted by Gasteiger charge is 2.16. The second kappa shape index (κ2) is 5.80. The van der Waals surface area contributed by atoms with Gasteiger partial charge in [0.05, 0.1) is 0 Å². The van der Waals surface area contributed by atoms with Gasteiger partial charge in [-0.3, -0.25) is 4.79 Å². The lowest BCUT2D eigenvalue weighted by Crippen LogP contribution is -2.31. The fourth-order valence-electron chi connectivity index (χ4n) is 1.37. The summed E-state index contributed by atoms with van der Waals surface area (Å²) in [5, 5.41) is 8.97. The van der Waals surface area contributed by atoms with Crippen LogP contribution in [0.1, 0.15) is 13.3 Å². The van der Waals surface area contributed by atoms with Crippen LogP contribution in [0, 0.1) is 0 Å². The van der Waals surface area contributed by atoms with Crippen LogP contribution in [0.5, 0.6) is 0 Å². The second-order valence-corrected chi connectivity index (χ2v) is 5.01. The highest BCUT2D eigenvalue weighted by Crippen LogP contribution is 2.18. The summed E-state index contributed by atoms with van der Waals surface area (Å²) in [4.78, 5) is 23.5. The molecule has 0 saturated carbocycles. The van der Waals surface area contributed by atoms with Crippen LogP contribution in [0.15, 0.2) is 12.2 Å². The summed E-state index contributed by atoms with van der Waals surface area (Å²) in [6.45, 7) is 3.57. The Hall–Kier alpha value is -0.970. The molecule has 0 spiro atoms. The first-order valence-corrected chi connectivity index (χ1v) is 5.96.